The number of para-hydroxylation sites is 1. The van der Waals surface area contributed by atoms with E-state index in [-0.39, 0.29) is 0 Å². The molecule has 0 aromatic heterocycles. The Morgan fingerprint density at radius 1 is 1.00 bits per heavy atom. The topological polar surface area (TPSA) is 43.4 Å². The molecule has 2 atom stereocenters. The number of hydrogen-bond acceptors (Lipinski definition) is 3. The number of benzene rings is 2. The maximum atomic E-state index is 12.2. The van der Waals surface area contributed by atoms with Gasteiger partial charge in [-0.05, 0) is 31.2 Å². The first-order valence-corrected chi connectivity index (χ1v) is 7.12. The summed E-state index contributed by atoms with van der Waals surface area (Å²) in [6, 6.07) is 17.7. The molecule has 0 saturated heterocycles. The van der Waals surface area contributed by atoms with Gasteiger partial charge in [-0.1, -0.05) is 36.4 Å². The zero-order valence-electron chi connectivity index (χ0n) is 10.5. The lowest BCUT2D eigenvalue weighted by atomic mass is 10.3. The Hall–Kier alpha value is -1.94. The van der Waals surface area contributed by atoms with Gasteiger partial charge in [-0.3, -0.25) is 9.00 Å². The van der Waals surface area contributed by atoms with Gasteiger partial charge >= 0.3 is 5.97 Å². The highest BCUT2D eigenvalue weighted by Crippen LogP contribution is 2.14. The molecule has 0 N–H and O–H groups in total. The Morgan fingerprint density at radius 3 is 2.11 bits per heavy atom. The first-order valence-electron chi connectivity index (χ1n) is 5.91. The summed E-state index contributed by atoms with van der Waals surface area (Å²) in [6.07, 6.45) is 0. The summed E-state index contributed by atoms with van der Waals surface area (Å²) in [4.78, 5) is 12.5. The molecule has 4 heteroatoms. The maximum Gasteiger partial charge on any atom is 0.327 e. The van der Waals surface area contributed by atoms with E-state index in [1.54, 1.807) is 55.5 Å². The van der Waals surface area contributed by atoms with Crippen molar-refractivity contribution in [1.29, 1.82) is 0 Å². The normalized spacial score (nSPS) is 13.5. The summed E-state index contributed by atoms with van der Waals surface area (Å²) in [5, 5.41) is -0.706. The third-order valence-corrected chi connectivity index (χ3v) is 4.16. The number of carbonyl (C=O) groups is 1. The molecule has 0 radical (unpaired) electrons. The molecule has 0 aliphatic carbocycles. The van der Waals surface area contributed by atoms with Gasteiger partial charge in [0.15, 0.2) is 0 Å². The fourth-order valence-corrected chi connectivity index (χ4v) is 2.59. The van der Waals surface area contributed by atoms with Crippen molar-refractivity contribution in [2.75, 3.05) is 0 Å². The van der Waals surface area contributed by atoms with Crippen LogP contribution >= 0.6 is 0 Å². The van der Waals surface area contributed by atoms with E-state index in [4.69, 9.17) is 4.74 Å². The van der Waals surface area contributed by atoms with Crippen LogP contribution in [0.25, 0.3) is 0 Å². The van der Waals surface area contributed by atoms with Gasteiger partial charge in [-0.2, -0.15) is 0 Å². The Kier molecular flexibility index (Phi) is 4.47. The maximum absolute atomic E-state index is 12.2. The predicted molar refractivity (Wildman–Crippen MR) is 74.4 cm³/mol. The summed E-state index contributed by atoms with van der Waals surface area (Å²) < 4.78 is 17.4. The van der Waals surface area contributed by atoms with Gasteiger partial charge in [-0.15, -0.1) is 0 Å². The van der Waals surface area contributed by atoms with Crippen molar-refractivity contribution in [2.24, 2.45) is 0 Å². The minimum atomic E-state index is -1.41. The van der Waals surface area contributed by atoms with Crippen LogP contribution in [-0.2, 0) is 15.6 Å². The highest BCUT2D eigenvalue weighted by molar-refractivity contribution is 7.86. The molecular formula is C15H14O3S. The van der Waals surface area contributed by atoms with Gasteiger partial charge in [0.05, 0.1) is 10.8 Å². The second kappa shape index (κ2) is 6.29. The van der Waals surface area contributed by atoms with E-state index in [2.05, 4.69) is 0 Å². The van der Waals surface area contributed by atoms with Crippen LogP contribution in [0.3, 0.4) is 0 Å². The van der Waals surface area contributed by atoms with E-state index >= 15 is 0 Å². The SMILES string of the molecule is CC(C(=O)Oc1ccccc1)S(=O)c1ccccc1. The van der Waals surface area contributed by atoms with Gasteiger partial charge in [0.2, 0.25) is 0 Å². The standard InChI is InChI=1S/C15H14O3S/c1-12(19(17)14-10-6-3-7-11-14)15(16)18-13-8-4-2-5-9-13/h2-12H,1H3. The number of hydrogen-bond donors (Lipinski definition) is 0. The minimum absolute atomic E-state index is 0.462. The lowest BCUT2D eigenvalue weighted by Crippen LogP contribution is -2.27. The molecule has 0 spiro atoms. The van der Waals surface area contributed by atoms with Crippen LogP contribution in [-0.4, -0.2) is 15.4 Å². The number of rotatable bonds is 4. The van der Waals surface area contributed by atoms with Crippen molar-refractivity contribution < 1.29 is 13.7 Å². The van der Waals surface area contributed by atoms with Gasteiger partial charge in [-0.25, -0.2) is 0 Å². The Balaban J connectivity index is 2.06. The van der Waals surface area contributed by atoms with Crippen molar-refractivity contribution in [3.63, 3.8) is 0 Å². The highest BCUT2D eigenvalue weighted by Gasteiger charge is 2.23. The van der Waals surface area contributed by atoms with Crippen LogP contribution in [0.4, 0.5) is 0 Å². The molecule has 98 valence electrons. The molecule has 2 rings (SSSR count). The summed E-state index contributed by atoms with van der Waals surface area (Å²) in [7, 11) is -1.41. The monoisotopic (exact) mass is 274 g/mol. The number of esters is 1. The van der Waals surface area contributed by atoms with Crippen molar-refractivity contribution in [2.45, 2.75) is 17.1 Å². The Morgan fingerprint density at radius 2 is 1.53 bits per heavy atom. The van der Waals surface area contributed by atoms with Crippen LogP contribution in [0, 0.1) is 0 Å². The quantitative estimate of drug-likeness (QED) is 0.636. The first kappa shape index (κ1) is 13.5. The second-order valence-corrected chi connectivity index (χ2v) is 5.76. The molecule has 0 amide bonds. The summed E-state index contributed by atoms with van der Waals surface area (Å²) in [6.45, 7) is 1.61. The van der Waals surface area contributed by atoms with E-state index in [1.807, 2.05) is 12.1 Å². The molecule has 0 heterocycles. The molecule has 2 aromatic rings. The smallest absolute Gasteiger partial charge is 0.327 e. The first-order chi connectivity index (χ1) is 9.18. The molecule has 19 heavy (non-hydrogen) atoms. The van der Waals surface area contributed by atoms with Crippen LogP contribution in [0.5, 0.6) is 5.75 Å². The Labute approximate surface area is 114 Å². The molecule has 0 aliphatic heterocycles. The predicted octanol–water partition coefficient (Wildman–Crippen LogP) is 2.79. The van der Waals surface area contributed by atoms with Crippen LogP contribution in [0.15, 0.2) is 65.6 Å². The summed E-state index contributed by atoms with van der Waals surface area (Å²) in [5.74, 6) is -0.0298. The lowest BCUT2D eigenvalue weighted by molar-refractivity contribution is -0.133. The van der Waals surface area contributed by atoms with Gasteiger partial charge < -0.3 is 4.74 Å². The highest BCUT2D eigenvalue weighted by atomic mass is 32.2. The summed E-state index contributed by atoms with van der Waals surface area (Å²) >= 11 is 0. The minimum Gasteiger partial charge on any atom is -0.426 e. The molecule has 3 nitrogen and oxygen atoms in total. The van der Waals surface area contributed by atoms with E-state index in [0.717, 1.165) is 0 Å². The molecule has 0 saturated carbocycles. The van der Waals surface area contributed by atoms with Crippen molar-refractivity contribution >= 4 is 16.8 Å². The third kappa shape index (κ3) is 3.51. The third-order valence-electron chi connectivity index (χ3n) is 2.59. The van der Waals surface area contributed by atoms with Crippen molar-refractivity contribution in [1.82, 2.24) is 0 Å². The molecule has 0 bridgehead atoms. The zero-order valence-corrected chi connectivity index (χ0v) is 11.3. The second-order valence-electron chi connectivity index (χ2n) is 3.99. The Bertz CT molecular complexity index is 566. The summed E-state index contributed by atoms with van der Waals surface area (Å²) in [5.41, 5.74) is 0. The largest absolute Gasteiger partial charge is 0.426 e. The molecular weight excluding hydrogens is 260 g/mol. The molecule has 0 fully saturated rings. The van der Waals surface area contributed by atoms with E-state index in [9.17, 15) is 9.00 Å². The van der Waals surface area contributed by atoms with Crippen molar-refractivity contribution in [3.05, 3.63) is 60.7 Å². The van der Waals surface area contributed by atoms with E-state index < -0.39 is 22.0 Å². The number of ether oxygens (including phenoxy) is 1. The van der Waals surface area contributed by atoms with Crippen molar-refractivity contribution in [3.8, 4) is 5.75 Å². The lowest BCUT2D eigenvalue weighted by Gasteiger charge is -2.11. The number of carbonyl (C=O) groups excluding carboxylic acids is 1. The molecule has 2 aromatic carbocycles. The molecule has 2 unspecified atom stereocenters. The van der Waals surface area contributed by atoms with Gasteiger partial charge in [0, 0.05) is 4.90 Å². The fourth-order valence-electron chi connectivity index (χ4n) is 1.53. The van der Waals surface area contributed by atoms with Gasteiger partial charge in [0.25, 0.3) is 0 Å². The van der Waals surface area contributed by atoms with Crippen LogP contribution in [0.1, 0.15) is 6.92 Å². The van der Waals surface area contributed by atoms with E-state index in [0.29, 0.717) is 10.6 Å². The van der Waals surface area contributed by atoms with Gasteiger partial charge in [0.1, 0.15) is 11.0 Å². The van der Waals surface area contributed by atoms with E-state index in [1.165, 1.54) is 0 Å². The van der Waals surface area contributed by atoms with Crippen LogP contribution in [0.2, 0.25) is 0 Å². The zero-order chi connectivity index (χ0) is 13.7. The molecule has 0 aliphatic rings. The average molecular weight is 274 g/mol. The van der Waals surface area contributed by atoms with Crippen LogP contribution < -0.4 is 4.74 Å². The fraction of sp³-hybridized carbons (Fsp3) is 0.133. The average Bonchev–Trinajstić information content (AvgIpc) is 2.47.